The zero-order valence-electron chi connectivity index (χ0n) is 9.88. The standard InChI is InChI=1S/C11H22N2O2/c1-11(2,3)15-13-10(14)8-5-4-6-9(12)7-8/h8-9H,4-7,12H2,1-3H3,(H,13,14). The van der Waals surface area contributed by atoms with Gasteiger partial charge in [0.2, 0.25) is 5.91 Å². The number of nitrogens with two attached hydrogens (primary N) is 1. The van der Waals surface area contributed by atoms with E-state index in [0.717, 1.165) is 25.7 Å². The van der Waals surface area contributed by atoms with E-state index in [1.807, 2.05) is 20.8 Å². The molecule has 4 heteroatoms. The van der Waals surface area contributed by atoms with E-state index in [2.05, 4.69) is 5.48 Å². The lowest BCUT2D eigenvalue weighted by atomic mass is 9.86. The van der Waals surface area contributed by atoms with Crippen molar-refractivity contribution < 1.29 is 9.63 Å². The Labute approximate surface area is 91.5 Å². The first-order valence-corrected chi connectivity index (χ1v) is 5.62. The van der Waals surface area contributed by atoms with Gasteiger partial charge in [0.15, 0.2) is 0 Å². The van der Waals surface area contributed by atoms with Gasteiger partial charge in [0.05, 0.1) is 5.60 Å². The summed E-state index contributed by atoms with van der Waals surface area (Å²) < 4.78 is 0. The molecule has 3 N–H and O–H groups in total. The number of hydrogen-bond acceptors (Lipinski definition) is 3. The van der Waals surface area contributed by atoms with Crippen LogP contribution < -0.4 is 11.2 Å². The van der Waals surface area contributed by atoms with Gasteiger partial charge in [0.1, 0.15) is 0 Å². The van der Waals surface area contributed by atoms with E-state index in [1.165, 1.54) is 0 Å². The number of rotatable bonds is 2. The highest BCUT2D eigenvalue weighted by molar-refractivity contribution is 5.77. The highest BCUT2D eigenvalue weighted by Crippen LogP contribution is 2.23. The summed E-state index contributed by atoms with van der Waals surface area (Å²) in [4.78, 5) is 16.9. The van der Waals surface area contributed by atoms with Crippen molar-refractivity contribution in [1.29, 1.82) is 0 Å². The van der Waals surface area contributed by atoms with Gasteiger partial charge < -0.3 is 5.73 Å². The van der Waals surface area contributed by atoms with Crippen molar-refractivity contribution in [3.8, 4) is 0 Å². The van der Waals surface area contributed by atoms with Gasteiger partial charge in [-0.2, -0.15) is 0 Å². The van der Waals surface area contributed by atoms with E-state index < -0.39 is 0 Å². The van der Waals surface area contributed by atoms with Crippen molar-refractivity contribution in [2.45, 2.75) is 58.1 Å². The first-order valence-electron chi connectivity index (χ1n) is 5.62. The van der Waals surface area contributed by atoms with Crippen LogP contribution in [0, 0.1) is 5.92 Å². The maximum absolute atomic E-state index is 11.7. The van der Waals surface area contributed by atoms with E-state index >= 15 is 0 Å². The molecule has 1 saturated carbocycles. The molecule has 0 heterocycles. The van der Waals surface area contributed by atoms with Crippen LogP contribution in [0.5, 0.6) is 0 Å². The monoisotopic (exact) mass is 214 g/mol. The Balaban J connectivity index is 2.33. The fourth-order valence-corrected chi connectivity index (χ4v) is 1.75. The molecule has 0 aromatic heterocycles. The van der Waals surface area contributed by atoms with Crippen LogP contribution in [0.2, 0.25) is 0 Å². The van der Waals surface area contributed by atoms with Crippen LogP contribution >= 0.6 is 0 Å². The fraction of sp³-hybridized carbons (Fsp3) is 0.909. The van der Waals surface area contributed by atoms with E-state index in [1.54, 1.807) is 0 Å². The summed E-state index contributed by atoms with van der Waals surface area (Å²) >= 11 is 0. The molecule has 0 saturated heterocycles. The molecule has 0 aromatic rings. The quantitative estimate of drug-likeness (QED) is 0.682. The minimum absolute atomic E-state index is 0.0242. The van der Waals surface area contributed by atoms with Crippen molar-refractivity contribution in [2.75, 3.05) is 0 Å². The van der Waals surface area contributed by atoms with Gasteiger partial charge in [-0.3, -0.25) is 9.63 Å². The van der Waals surface area contributed by atoms with Crippen molar-refractivity contribution in [2.24, 2.45) is 11.7 Å². The molecule has 0 aliphatic heterocycles. The van der Waals surface area contributed by atoms with Gasteiger partial charge in [-0.15, -0.1) is 0 Å². The molecule has 1 aliphatic rings. The Hall–Kier alpha value is -0.610. The van der Waals surface area contributed by atoms with Crippen molar-refractivity contribution in [1.82, 2.24) is 5.48 Å². The normalized spacial score (nSPS) is 27.5. The maximum Gasteiger partial charge on any atom is 0.246 e. The lowest BCUT2D eigenvalue weighted by Crippen LogP contribution is -2.40. The maximum atomic E-state index is 11.7. The fourth-order valence-electron chi connectivity index (χ4n) is 1.75. The molecule has 2 unspecified atom stereocenters. The molecule has 1 amide bonds. The average Bonchev–Trinajstić information content (AvgIpc) is 2.13. The van der Waals surface area contributed by atoms with Crippen LogP contribution in [0.15, 0.2) is 0 Å². The molecule has 1 fully saturated rings. The second-order valence-electron chi connectivity index (χ2n) is 5.30. The van der Waals surface area contributed by atoms with Crippen LogP contribution in [0.4, 0.5) is 0 Å². The Bertz CT molecular complexity index is 223. The minimum atomic E-state index is -0.341. The largest absolute Gasteiger partial charge is 0.328 e. The van der Waals surface area contributed by atoms with E-state index in [9.17, 15) is 4.79 Å². The van der Waals surface area contributed by atoms with E-state index in [0.29, 0.717) is 0 Å². The summed E-state index contributed by atoms with van der Waals surface area (Å²) in [5.41, 5.74) is 8.00. The Morgan fingerprint density at radius 3 is 2.60 bits per heavy atom. The lowest BCUT2D eigenvalue weighted by molar-refractivity contribution is -0.150. The Morgan fingerprint density at radius 2 is 2.07 bits per heavy atom. The second-order valence-corrected chi connectivity index (χ2v) is 5.30. The van der Waals surface area contributed by atoms with Crippen LogP contribution in [-0.4, -0.2) is 17.6 Å². The molecule has 15 heavy (non-hydrogen) atoms. The third-order valence-corrected chi connectivity index (χ3v) is 2.54. The zero-order chi connectivity index (χ0) is 11.5. The first kappa shape index (κ1) is 12.5. The average molecular weight is 214 g/mol. The lowest BCUT2D eigenvalue weighted by Gasteiger charge is -2.27. The number of nitrogens with one attached hydrogen (secondary N) is 1. The number of hydrogen-bond donors (Lipinski definition) is 2. The molecule has 1 rings (SSSR count). The van der Waals surface area contributed by atoms with Crippen LogP contribution in [0.1, 0.15) is 46.5 Å². The first-order chi connectivity index (χ1) is 6.88. The van der Waals surface area contributed by atoms with Gasteiger partial charge in [-0.05, 0) is 40.0 Å². The summed E-state index contributed by atoms with van der Waals surface area (Å²) in [7, 11) is 0. The third-order valence-electron chi connectivity index (χ3n) is 2.54. The van der Waals surface area contributed by atoms with Gasteiger partial charge in [-0.25, -0.2) is 5.48 Å². The predicted molar refractivity (Wildman–Crippen MR) is 58.9 cm³/mol. The molecule has 1 aliphatic carbocycles. The van der Waals surface area contributed by atoms with Crippen LogP contribution in [0.25, 0.3) is 0 Å². The van der Waals surface area contributed by atoms with Crippen molar-refractivity contribution in [3.63, 3.8) is 0 Å². The number of carbonyl (C=O) groups excluding carboxylic acids is 1. The molecule has 0 spiro atoms. The van der Waals surface area contributed by atoms with Gasteiger partial charge in [0, 0.05) is 12.0 Å². The van der Waals surface area contributed by atoms with Crippen molar-refractivity contribution >= 4 is 5.91 Å². The SMILES string of the molecule is CC(C)(C)ONC(=O)C1CCCC(N)C1. The van der Waals surface area contributed by atoms with E-state index in [-0.39, 0.29) is 23.5 Å². The zero-order valence-corrected chi connectivity index (χ0v) is 9.88. The van der Waals surface area contributed by atoms with Gasteiger partial charge >= 0.3 is 0 Å². The topological polar surface area (TPSA) is 64.3 Å². The van der Waals surface area contributed by atoms with Crippen molar-refractivity contribution in [3.05, 3.63) is 0 Å². The van der Waals surface area contributed by atoms with Crippen LogP contribution in [0.3, 0.4) is 0 Å². The highest BCUT2D eigenvalue weighted by Gasteiger charge is 2.26. The molecule has 0 radical (unpaired) electrons. The molecule has 2 atom stereocenters. The molecule has 0 aromatic carbocycles. The van der Waals surface area contributed by atoms with Crippen LogP contribution in [-0.2, 0) is 9.63 Å². The second kappa shape index (κ2) is 4.94. The third kappa shape index (κ3) is 4.62. The van der Waals surface area contributed by atoms with Gasteiger partial charge in [-0.1, -0.05) is 6.42 Å². The summed E-state index contributed by atoms with van der Waals surface area (Å²) in [6.07, 6.45) is 3.77. The molecular weight excluding hydrogens is 192 g/mol. The number of carbonyl (C=O) groups is 1. The van der Waals surface area contributed by atoms with Gasteiger partial charge in [0.25, 0.3) is 0 Å². The summed E-state index contributed by atoms with van der Waals surface area (Å²) in [5, 5.41) is 0. The summed E-state index contributed by atoms with van der Waals surface area (Å²) in [5.74, 6) is -0.00354. The highest BCUT2D eigenvalue weighted by atomic mass is 16.7. The van der Waals surface area contributed by atoms with E-state index in [4.69, 9.17) is 10.6 Å². The number of amides is 1. The molecular formula is C11H22N2O2. The molecule has 0 bridgehead atoms. The number of hydroxylamine groups is 1. The Morgan fingerprint density at radius 1 is 1.40 bits per heavy atom. The molecule has 88 valence electrons. The smallest absolute Gasteiger partial charge is 0.246 e. The summed E-state index contributed by atoms with van der Waals surface area (Å²) in [6, 6.07) is 0.170. The Kier molecular flexibility index (Phi) is 4.11. The summed E-state index contributed by atoms with van der Waals surface area (Å²) in [6.45, 7) is 5.71. The minimum Gasteiger partial charge on any atom is -0.328 e. The predicted octanol–water partition coefficient (Wildman–Crippen LogP) is 1.35. The molecule has 4 nitrogen and oxygen atoms in total.